The second kappa shape index (κ2) is 4.52. The molecule has 2 N–H and O–H groups in total. The zero-order chi connectivity index (χ0) is 14.3. The molecule has 3 aromatic rings. The molecule has 102 valence electrons. The van der Waals surface area contributed by atoms with Gasteiger partial charge in [0.05, 0.1) is 5.52 Å². The summed E-state index contributed by atoms with van der Waals surface area (Å²) in [6.07, 6.45) is 0. The lowest BCUT2D eigenvalue weighted by Gasteiger charge is -1.99. The Morgan fingerprint density at radius 1 is 1.05 bits per heavy atom. The fourth-order valence-corrected chi connectivity index (χ4v) is 1.86. The third kappa shape index (κ3) is 1.97. The third-order valence-electron chi connectivity index (χ3n) is 2.86. The molecule has 4 nitrogen and oxygen atoms in total. The number of anilines is 1. The largest absolute Gasteiger partial charge is 0.373 e. The highest BCUT2D eigenvalue weighted by atomic mass is 19.2. The van der Waals surface area contributed by atoms with Crippen LogP contribution >= 0.6 is 0 Å². The lowest BCUT2D eigenvalue weighted by Crippen LogP contribution is -1.92. The van der Waals surface area contributed by atoms with Crippen LogP contribution < -0.4 is 5.32 Å². The first-order chi connectivity index (χ1) is 9.58. The van der Waals surface area contributed by atoms with Crippen molar-refractivity contribution in [1.29, 1.82) is 0 Å². The number of hydrogen-bond acceptors (Lipinski definition) is 3. The number of fused-ring (bicyclic) bond motifs is 1. The number of benzene rings is 1. The van der Waals surface area contributed by atoms with E-state index in [1.54, 1.807) is 19.2 Å². The molecule has 0 aliphatic heterocycles. The zero-order valence-electron chi connectivity index (χ0n) is 10.3. The van der Waals surface area contributed by atoms with Gasteiger partial charge in [0.15, 0.2) is 23.1 Å². The molecule has 0 aliphatic rings. The number of nitrogens with zero attached hydrogens (tertiary/aromatic N) is 2. The van der Waals surface area contributed by atoms with Gasteiger partial charge in [-0.2, -0.15) is 0 Å². The number of aromatic nitrogens is 3. The van der Waals surface area contributed by atoms with Crippen molar-refractivity contribution >= 4 is 17.0 Å². The summed E-state index contributed by atoms with van der Waals surface area (Å²) in [5, 5.41) is 2.86. The van der Waals surface area contributed by atoms with Gasteiger partial charge in [-0.25, -0.2) is 23.1 Å². The number of H-pyrrole nitrogens is 1. The third-order valence-corrected chi connectivity index (χ3v) is 2.86. The lowest BCUT2D eigenvalue weighted by molar-refractivity contribution is 0.447. The van der Waals surface area contributed by atoms with Crippen LogP contribution in [-0.2, 0) is 0 Å². The molecule has 0 atom stereocenters. The van der Waals surface area contributed by atoms with Crippen LogP contribution in [0.15, 0.2) is 24.3 Å². The van der Waals surface area contributed by atoms with Crippen LogP contribution in [0, 0.1) is 17.5 Å². The van der Waals surface area contributed by atoms with Crippen molar-refractivity contribution in [3.8, 4) is 11.4 Å². The Morgan fingerprint density at radius 2 is 1.75 bits per heavy atom. The predicted molar refractivity (Wildman–Crippen MR) is 68.7 cm³/mol. The number of hydrogen-bond donors (Lipinski definition) is 2. The van der Waals surface area contributed by atoms with E-state index in [-0.39, 0.29) is 11.4 Å². The van der Waals surface area contributed by atoms with Crippen molar-refractivity contribution in [3.63, 3.8) is 0 Å². The number of halogens is 3. The van der Waals surface area contributed by atoms with E-state index in [0.29, 0.717) is 17.0 Å². The summed E-state index contributed by atoms with van der Waals surface area (Å²) in [5.74, 6) is -3.18. The second-order valence-electron chi connectivity index (χ2n) is 4.16. The molecule has 0 spiro atoms. The minimum Gasteiger partial charge on any atom is -0.373 e. The topological polar surface area (TPSA) is 53.6 Å². The summed E-state index contributed by atoms with van der Waals surface area (Å²) in [7, 11) is 1.71. The van der Waals surface area contributed by atoms with E-state index in [2.05, 4.69) is 20.3 Å². The van der Waals surface area contributed by atoms with E-state index in [1.165, 1.54) is 0 Å². The summed E-state index contributed by atoms with van der Waals surface area (Å²) in [4.78, 5) is 11.2. The molecule has 0 unspecified atom stereocenters. The summed E-state index contributed by atoms with van der Waals surface area (Å²) < 4.78 is 39.4. The molecule has 0 saturated heterocycles. The van der Waals surface area contributed by atoms with Crippen LogP contribution in [-0.4, -0.2) is 22.0 Å². The van der Waals surface area contributed by atoms with Crippen molar-refractivity contribution in [2.45, 2.75) is 0 Å². The number of aromatic amines is 1. The van der Waals surface area contributed by atoms with Gasteiger partial charge in [-0.1, -0.05) is 0 Å². The fraction of sp³-hybridized carbons (Fsp3) is 0.0769. The number of nitrogens with one attached hydrogen (secondary N) is 2. The first kappa shape index (κ1) is 12.5. The van der Waals surface area contributed by atoms with Crippen molar-refractivity contribution in [3.05, 3.63) is 41.7 Å². The highest BCUT2D eigenvalue weighted by Gasteiger charge is 2.14. The first-order valence-corrected chi connectivity index (χ1v) is 5.78. The van der Waals surface area contributed by atoms with Gasteiger partial charge in [-0.05, 0) is 24.3 Å². The first-order valence-electron chi connectivity index (χ1n) is 5.78. The Hall–Kier alpha value is -2.57. The van der Waals surface area contributed by atoms with Gasteiger partial charge in [0, 0.05) is 12.6 Å². The van der Waals surface area contributed by atoms with Crippen molar-refractivity contribution < 1.29 is 13.2 Å². The molecular weight excluding hydrogens is 269 g/mol. The summed E-state index contributed by atoms with van der Waals surface area (Å²) in [6.45, 7) is 0. The number of imidazole rings is 1. The van der Waals surface area contributed by atoms with Crippen molar-refractivity contribution in [2.75, 3.05) is 12.4 Å². The predicted octanol–water partition coefficient (Wildman–Crippen LogP) is 3.08. The highest BCUT2D eigenvalue weighted by molar-refractivity contribution is 5.77. The van der Waals surface area contributed by atoms with E-state index in [4.69, 9.17) is 0 Å². The molecule has 20 heavy (non-hydrogen) atoms. The number of rotatable bonds is 2. The standard InChI is InChI=1S/C13H9F3N4/c1-17-10-3-2-9-13(19-10)20-12(18-9)6-4-7(14)11(16)8(15)5-6/h2-5H,1H3,(H2,17,18,19,20). The van der Waals surface area contributed by atoms with Gasteiger partial charge in [0.1, 0.15) is 11.6 Å². The van der Waals surface area contributed by atoms with E-state index < -0.39 is 17.5 Å². The van der Waals surface area contributed by atoms with Gasteiger partial charge < -0.3 is 10.3 Å². The quantitative estimate of drug-likeness (QED) is 0.708. The summed E-state index contributed by atoms with van der Waals surface area (Å²) >= 11 is 0. The zero-order valence-corrected chi connectivity index (χ0v) is 10.3. The van der Waals surface area contributed by atoms with Crippen LogP contribution in [0.5, 0.6) is 0 Å². The molecule has 0 saturated carbocycles. The monoisotopic (exact) mass is 278 g/mol. The van der Waals surface area contributed by atoms with Gasteiger partial charge in [0.2, 0.25) is 0 Å². The maximum atomic E-state index is 13.2. The second-order valence-corrected chi connectivity index (χ2v) is 4.16. The maximum Gasteiger partial charge on any atom is 0.194 e. The van der Waals surface area contributed by atoms with Crippen molar-refractivity contribution in [1.82, 2.24) is 15.0 Å². The van der Waals surface area contributed by atoms with E-state index >= 15 is 0 Å². The SMILES string of the molecule is CNc1ccc2[nH]c(-c3cc(F)c(F)c(F)c3)nc2n1. The highest BCUT2D eigenvalue weighted by Crippen LogP contribution is 2.24. The molecule has 2 heterocycles. The van der Waals surface area contributed by atoms with Crippen LogP contribution in [0.1, 0.15) is 0 Å². The van der Waals surface area contributed by atoms with E-state index in [9.17, 15) is 13.2 Å². The lowest BCUT2D eigenvalue weighted by atomic mass is 10.2. The molecular formula is C13H9F3N4. The minimum atomic E-state index is -1.50. The van der Waals surface area contributed by atoms with Gasteiger partial charge >= 0.3 is 0 Å². The molecule has 0 bridgehead atoms. The molecule has 0 radical (unpaired) electrons. The van der Waals surface area contributed by atoms with Crippen LogP contribution in [0.2, 0.25) is 0 Å². The summed E-state index contributed by atoms with van der Waals surface area (Å²) in [5.41, 5.74) is 1.13. The Morgan fingerprint density at radius 3 is 2.40 bits per heavy atom. The average Bonchev–Trinajstić information content (AvgIpc) is 2.86. The van der Waals surface area contributed by atoms with E-state index in [0.717, 1.165) is 12.1 Å². The molecule has 0 fully saturated rings. The number of pyridine rings is 1. The minimum absolute atomic E-state index is 0.116. The summed E-state index contributed by atoms with van der Waals surface area (Å²) in [6, 6.07) is 5.24. The Bertz CT molecular complexity index is 774. The Balaban J connectivity index is 2.14. The fourth-order valence-electron chi connectivity index (χ4n) is 1.86. The maximum absolute atomic E-state index is 13.2. The molecule has 7 heteroatoms. The van der Waals surface area contributed by atoms with Gasteiger partial charge in [-0.3, -0.25) is 0 Å². The smallest absolute Gasteiger partial charge is 0.194 e. The van der Waals surface area contributed by atoms with E-state index in [1.807, 2.05) is 0 Å². The molecule has 1 aromatic carbocycles. The van der Waals surface area contributed by atoms with Crippen LogP contribution in [0.25, 0.3) is 22.6 Å². The molecule has 3 rings (SSSR count). The van der Waals surface area contributed by atoms with Gasteiger partial charge in [0.25, 0.3) is 0 Å². The normalized spacial score (nSPS) is 11.0. The van der Waals surface area contributed by atoms with Gasteiger partial charge in [-0.15, -0.1) is 0 Å². The van der Waals surface area contributed by atoms with Crippen LogP contribution in [0.3, 0.4) is 0 Å². The Kier molecular flexibility index (Phi) is 2.81. The van der Waals surface area contributed by atoms with Crippen molar-refractivity contribution in [2.24, 2.45) is 0 Å². The molecule has 2 aromatic heterocycles. The molecule has 0 amide bonds. The average molecular weight is 278 g/mol. The Labute approximate surface area is 111 Å². The molecule has 0 aliphatic carbocycles. The van der Waals surface area contributed by atoms with Crippen LogP contribution in [0.4, 0.5) is 19.0 Å².